The van der Waals surface area contributed by atoms with Crippen LogP contribution < -0.4 is 0 Å². The van der Waals surface area contributed by atoms with E-state index in [2.05, 4.69) is 0 Å². The van der Waals surface area contributed by atoms with E-state index in [1.807, 2.05) is 6.92 Å². The molecule has 0 aliphatic carbocycles. The highest BCUT2D eigenvalue weighted by Crippen LogP contribution is 2.15. The van der Waals surface area contributed by atoms with E-state index in [0.29, 0.717) is 25.7 Å². The normalized spacial score (nSPS) is 14.3. The molecule has 0 aliphatic heterocycles. The minimum Gasteiger partial charge on any atom is -0.462 e. The van der Waals surface area contributed by atoms with Crippen molar-refractivity contribution in [3.63, 3.8) is 0 Å². The number of hydrogen-bond donors (Lipinski definition) is 2. The van der Waals surface area contributed by atoms with E-state index in [-0.39, 0.29) is 32.2 Å². The average Bonchev–Trinajstić information content (AvgIpc) is 2.54. The summed E-state index contributed by atoms with van der Waals surface area (Å²) in [5.74, 6) is -1.67. The molecule has 0 saturated heterocycles. The topological polar surface area (TPSA) is 119 Å². The molecule has 0 spiro atoms. The van der Waals surface area contributed by atoms with E-state index in [4.69, 9.17) is 19.3 Å². The number of aliphatic hydroxyl groups is 2. The van der Waals surface area contributed by atoms with Crippen molar-refractivity contribution >= 4 is 17.9 Å². The van der Waals surface area contributed by atoms with Crippen molar-refractivity contribution in [3.05, 3.63) is 0 Å². The average molecular weight is 362 g/mol. The minimum atomic E-state index is -0.831. The summed E-state index contributed by atoms with van der Waals surface area (Å²) in [7, 11) is 0. The zero-order valence-electron chi connectivity index (χ0n) is 15.2. The van der Waals surface area contributed by atoms with Crippen molar-refractivity contribution in [2.24, 2.45) is 5.92 Å². The van der Waals surface area contributed by atoms with Crippen molar-refractivity contribution in [3.8, 4) is 0 Å². The van der Waals surface area contributed by atoms with Crippen LogP contribution in [-0.2, 0) is 28.6 Å². The van der Waals surface area contributed by atoms with Gasteiger partial charge in [0.2, 0.25) is 0 Å². The van der Waals surface area contributed by atoms with Gasteiger partial charge in [-0.25, -0.2) is 0 Å². The van der Waals surface area contributed by atoms with Gasteiger partial charge in [0.15, 0.2) is 6.10 Å². The molecule has 0 heterocycles. The molecule has 0 amide bonds. The molecule has 0 aromatic carbocycles. The first kappa shape index (κ1) is 23.3. The van der Waals surface area contributed by atoms with Gasteiger partial charge in [-0.05, 0) is 19.3 Å². The predicted molar refractivity (Wildman–Crippen MR) is 88.5 cm³/mol. The van der Waals surface area contributed by atoms with Crippen LogP contribution in [0.3, 0.4) is 0 Å². The fourth-order valence-electron chi connectivity index (χ4n) is 2.20. The van der Waals surface area contributed by atoms with Crippen molar-refractivity contribution < 1.29 is 38.8 Å². The fraction of sp³-hybridized carbons (Fsp3) is 0.824. The van der Waals surface area contributed by atoms with Crippen LogP contribution in [0, 0.1) is 5.92 Å². The number of esters is 3. The molecule has 0 saturated carbocycles. The summed E-state index contributed by atoms with van der Waals surface area (Å²) in [5, 5.41) is 19.0. The quantitative estimate of drug-likeness (QED) is 0.282. The predicted octanol–water partition coefficient (Wildman–Crippen LogP) is 0.964. The molecule has 8 heteroatoms. The van der Waals surface area contributed by atoms with Crippen LogP contribution in [-0.4, -0.2) is 60.1 Å². The summed E-state index contributed by atoms with van der Waals surface area (Å²) in [6, 6.07) is 0. The van der Waals surface area contributed by atoms with Crippen LogP contribution in [0.4, 0.5) is 0 Å². The third-order valence-corrected chi connectivity index (χ3v) is 3.67. The van der Waals surface area contributed by atoms with Gasteiger partial charge in [0.25, 0.3) is 0 Å². The Morgan fingerprint density at radius 2 is 1.64 bits per heavy atom. The Labute approximate surface area is 148 Å². The zero-order chi connectivity index (χ0) is 19.2. The van der Waals surface area contributed by atoms with Crippen LogP contribution >= 0.6 is 0 Å². The van der Waals surface area contributed by atoms with Crippen molar-refractivity contribution in [1.82, 2.24) is 0 Å². The van der Waals surface area contributed by atoms with Crippen LogP contribution in [0.2, 0.25) is 0 Å². The summed E-state index contributed by atoms with van der Waals surface area (Å²) in [6.45, 7) is 3.93. The molecule has 3 unspecified atom stereocenters. The van der Waals surface area contributed by atoms with Gasteiger partial charge in [-0.3, -0.25) is 14.4 Å². The van der Waals surface area contributed by atoms with E-state index in [0.717, 1.165) is 0 Å². The fourth-order valence-corrected chi connectivity index (χ4v) is 2.20. The van der Waals surface area contributed by atoms with Gasteiger partial charge in [0.1, 0.15) is 13.2 Å². The van der Waals surface area contributed by atoms with Crippen molar-refractivity contribution in [2.75, 3.05) is 19.8 Å². The molecule has 2 N–H and O–H groups in total. The number of carbonyl (C=O) groups excluding carboxylic acids is 3. The first-order chi connectivity index (χ1) is 11.8. The van der Waals surface area contributed by atoms with Gasteiger partial charge in [-0.1, -0.05) is 13.3 Å². The smallest absolute Gasteiger partial charge is 0.305 e. The molecule has 0 bridgehead atoms. The largest absolute Gasteiger partial charge is 0.462 e. The molecular weight excluding hydrogens is 332 g/mol. The van der Waals surface area contributed by atoms with E-state index < -0.39 is 30.1 Å². The summed E-state index contributed by atoms with van der Waals surface area (Å²) >= 11 is 0. The number of hydrogen-bond acceptors (Lipinski definition) is 8. The maximum Gasteiger partial charge on any atom is 0.305 e. The Hall–Kier alpha value is -1.67. The number of aliphatic hydroxyl groups excluding tert-OH is 2. The maximum atomic E-state index is 11.7. The summed E-state index contributed by atoms with van der Waals surface area (Å²) < 4.78 is 14.7. The van der Waals surface area contributed by atoms with Crippen LogP contribution in [0.15, 0.2) is 0 Å². The molecular formula is C17H30O8. The number of rotatable bonds is 13. The highest BCUT2D eigenvalue weighted by Gasteiger charge is 2.18. The van der Waals surface area contributed by atoms with Gasteiger partial charge in [-0.2, -0.15) is 0 Å². The van der Waals surface area contributed by atoms with Crippen LogP contribution in [0.1, 0.15) is 52.9 Å². The Kier molecular flexibility index (Phi) is 12.7. The molecule has 0 aromatic heterocycles. The van der Waals surface area contributed by atoms with E-state index >= 15 is 0 Å². The van der Waals surface area contributed by atoms with Gasteiger partial charge in [-0.15, -0.1) is 0 Å². The number of carbonyl (C=O) groups is 3. The standard InChI is InChI=1S/C17H30O8/c1-4-14(9-18)16(21)7-5-6-8-17(22)24-11-15(25-13(3)20)10-23-12(2)19/h14-16,18,21H,4-11H2,1-3H3. The molecule has 0 fully saturated rings. The van der Waals surface area contributed by atoms with Crippen molar-refractivity contribution in [1.29, 1.82) is 0 Å². The van der Waals surface area contributed by atoms with Gasteiger partial charge < -0.3 is 24.4 Å². The number of ether oxygens (including phenoxy) is 3. The zero-order valence-corrected chi connectivity index (χ0v) is 15.2. The minimum absolute atomic E-state index is 0.0560. The molecule has 0 radical (unpaired) electrons. The lowest BCUT2D eigenvalue weighted by Gasteiger charge is -2.19. The van der Waals surface area contributed by atoms with Crippen LogP contribution in [0.5, 0.6) is 0 Å². The number of unbranched alkanes of at least 4 members (excludes halogenated alkanes) is 1. The monoisotopic (exact) mass is 362 g/mol. The van der Waals surface area contributed by atoms with E-state index in [1.54, 1.807) is 0 Å². The Balaban J connectivity index is 4.02. The molecule has 3 atom stereocenters. The van der Waals surface area contributed by atoms with Gasteiger partial charge in [0.05, 0.1) is 6.10 Å². The highest BCUT2D eigenvalue weighted by atomic mass is 16.6. The Morgan fingerprint density at radius 3 is 2.16 bits per heavy atom. The summed E-state index contributed by atoms with van der Waals surface area (Å²) in [6.07, 6.45) is 1.13. The lowest BCUT2D eigenvalue weighted by Crippen LogP contribution is -2.29. The first-order valence-corrected chi connectivity index (χ1v) is 8.55. The lowest BCUT2D eigenvalue weighted by molar-refractivity contribution is -0.164. The molecule has 25 heavy (non-hydrogen) atoms. The SMILES string of the molecule is CCC(CO)C(O)CCCCC(=O)OCC(COC(C)=O)OC(C)=O. The second-order valence-electron chi connectivity index (χ2n) is 5.88. The first-order valence-electron chi connectivity index (χ1n) is 8.55. The second kappa shape index (κ2) is 13.6. The summed E-state index contributed by atoms with van der Waals surface area (Å²) in [5.41, 5.74) is 0. The van der Waals surface area contributed by atoms with Crippen molar-refractivity contribution in [2.45, 2.75) is 65.1 Å². The lowest BCUT2D eigenvalue weighted by atomic mass is 9.96. The van der Waals surface area contributed by atoms with Gasteiger partial charge in [0, 0.05) is 32.8 Å². The maximum absolute atomic E-state index is 11.7. The van der Waals surface area contributed by atoms with Crippen LogP contribution in [0.25, 0.3) is 0 Å². The van der Waals surface area contributed by atoms with E-state index in [1.165, 1.54) is 13.8 Å². The third kappa shape index (κ3) is 12.4. The highest BCUT2D eigenvalue weighted by molar-refractivity contribution is 5.69. The Bertz CT molecular complexity index is 405. The molecule has 0 aliphatic rings. The molecule has 8 nitrogen and oxygen atoms in total. The molecule has 0 aromatic rings. The summed E-state index contributed by atoms with van der Waals surface area (Å²) in [4.78, 5) is 33.5. The molecule has 0 rings (SSSR count). The third-order valence-electron chi connectivity index (χ3n) is 3.67. The second-order valence-corrected chi connectivity index (χ2v) is 5.88. The molecule has 146 valence electrons. The van der Waals surface area contributed by atoms with E-state index in [9.17, 15) is 19.5 Å². The Morgan fingerprint density at radius 1 is 1.00 bits per heavy atom. The van der Waals surface area contributed by atoms with Gasteiger partial charge >= 0.3 is 17.9 Å².